The Kier molecular flexibility index (Phi) is 3.13. The minimum Gasteiger partial charge on any atom is -0.399 e. The maximum atomic E-state index is 12.9. The van der Waals surface area contributed by atoms with Crippen molar-refractivity contribution in [2.75, 3.05) is 12.3 Å². The number of amides is 2. The summed E-state index contributed by atoms with van der Waals surface area (Å²) in [6, 6.07) is 6.54. The van der Waals surface area contributed by atoms with Crippen LogP contribution < -0.4 is 11.5 Å². The maximum absolute atomic E-state index is 12.9. The number of benzene rings is 1. The van der Waals surface area contributed by atoms with Crippen molar-refractivity contribution in [3.8, 4) is 0 Å². The molecule has 1 aromatic carbocycles. The molecule has 0 bridgehead atoms. The van der Waals surface area contributed by atoms with Gasteiger partial charge in [0.1, 0.15) is 6.04 Å². The highest BCUT2D eigenvalue weighted by Gasteiger charge is 2.55. The second-order valence-corrected chi connectivity index (χ2v) is 5.97. The van der Waals surface area contributed by atoms with E-state index in [2.05, 4.69) is 0 Å². The first-order chi connectivity index (χ1) is 9.94. The van der Waals surface area contributed by atoms with Gasteiger partial charge in [0.25, 0.3) is 0 Å². The van der Waals surface area contributed by atoms with E-state index in [0.717, 1.165) is 18.4 Å². The first-order valence-electron chi connectivity index (χ1n) is 7.08. The van der Waals surface area contributed by atoms with Gasteiger partial charge in [0, 0.05) is 18.7 Å². The second kappa shape index (κ2) is 4.73. The number of primary amides is 1. The van der Waals surface area contributed by atoms with Crippen molar-refractivity contribution in [2.45, 2.75) is 36.8 Å². The van der Waals surface area contributed by atoms with E-state index in [1.54, 1.807) is 12.1 Å². The molecule has 2 amide bonds. The molecule has 2 fully saturated rings. The molecule has 21 heavy (non-hydrogen) atoms. The normalized spacial score (nSPS) is 26.6. The SMILES string of the molecule is NC(=O)C1CC(O)CN1C(=O)C1(c2ccc(N)cc2)CC1. The Morgan fingerprint density at radius 2 is 1.86 bits per heavy atom. The van der Waals surface area contributed by atoms with Gasteiger partial charge in [-0.3, -0.25) is 9.59 Å². The first kappa shape index (κ1) is 13.9. The average molecular weight is 289 g/mol. The molecule has 0 aromatic heterocycles. The number of nitrogens with zero attached hydrogens (tertiary/aromatic N) is 1. The van der Waals surface area contributed by atoms with Gasteiger partial charge in [0.05, 0.1) is 11.5 Å². The topological polar surface area (TPSA) is 110 Å². The van der Waals surface area contributed by atoms with E-state index in [0.29, 0.717) is 5.69 Å². The molecule has 2 atom stereocenters. The van der Waals surface area contributed by atoms with Crippen LogP contribution in [0, 0.1) is 0 Å². The molecule has 1 saturated carbocycles. The molecule has 3 rings (SSSR count). The Morgan fingerprint density at radius 1 is 1.24 bits per heavy atom. The molecule has 1 heterocycles. The summed E-state index contributed by atoms with van der Waals surface area (Å²) < 4.78 is 0. The zero-order chi connectivity index (χ0) is 15.2. The van der Waals surface area contributed by atoms with E-state index in [-0.39, 0.29) is 18.9 Å². The number of rotatable bonds is 3. The van der Waals surface area contributed by atoms with E-state index >= 15 is 0 Å². The Balaban J connectivity index is 1.87. The number of hydrogen-bond donors (Lipinski definition) is 3. The van der Waals surface area contributed by atoms with Gasteiger partial charge in [-0.1, -0.05) is 12.1 Å². The van der Waals surface area contributed by atoms with Crippen LogP contribution in [0.4, 0.5) is 5.69 Å². The highest BCUT2D eigenvalue weighted by molar-refractivity contribution is 5.95. The van der Waals surface area contributed by atoms with Crippen LogP contribution in [0.1, 0.15) is 24.8 Å². The monoisotopic (exact) mass is 289 g/mol. The Hall–Kier alpha value is -2.08. The van der Waals surface area contributed by atoms with Crippen LogP contribution in [0.5, 0.6) is 0 Å². The van der Waals surface area contributed by atoms with Crippen LogP contribution in [-0.4, -0.2) is 40.5 Å². The van der Waals surface area contributed by atoms with Crippen molar-refractivity contribution in [1.29, 1.82) is 0 Å². The number of aliphatic hydroxyl groups is 1. The molecule has 0 spiro atoms. The largest absolute Gasteiger partial charge is 0.399 e. The minimum atomic E-state index is -0.709. The smallest absolute Gasteiger partial charge is 0.240 e. The second-order valence-electron chi connectivity index (χ2n) is 5.97. The number of hydrogen-bond acceptors (Lipinski definition) is 4. The maximum Gasteiger partial charge on any atom is 0.240 e. The van der Waals surface area contributed by atoms with Crippen LogP contribution in [0.3, 0.4) is 0 Å². The van der Waals surface area contributed by atoms with Gasteiger partial charge in [-0.25, -0.2) is 0 Å². The van der Waals surface area contributed by atoms with Crippen LogP contribution in [-0.2, 0) is 15.0 Å². The quantitative estimate of drug-likeness (QED) is 0.666. The lowest BCUT2D eigenvalue weighted by molar-refractivity contribution is -0.139. The van der Waals surface area contributed by atoms with Crippen molar-refractivity contribution in [1.82, 2.24) is 4.90 Å². The third kappa shape index (κ3) is 2.25. The minimum absolute atomic E-state index is 0.118. The molecule has 2 unspecified atom stereocenters. The van der Waals surface area contributed by atoms with Gasteiger partial charge < -0.3 is 21.5 Å². The predicted molar refractivity (Wildman–Crippen MR) is 77.1 cm³/mol. The molecule has 2 aliphatic rings. The zero-order valence-corrected chi connectivity index (χ0v) is 11.7. The fraction of sp³-hybridized carbons (Fsp3) is 0.467. The molecule has 1 aliphatic heterocycles. The zero-order valence-electron chi connectivity index (χ0n) is 11.7. The third-order valence-corrected chi connectivity index (χ3v) is 4.49. The molecule has 1 saturated heterocycles. The summed E-state index contributed by atoms with van der Waals surface area (Å²) >= 11 is 0. The molecule has 1 aliphatic carbocycles. The fourth-order valence-electron chi connectivity index (χ4n) is 3.14. The van der Waals surface area contributed by atoms with Crippen LogP contribution in [0.25, 0.3) is 0 Å². The highest BCUT2D eigenvalue weighted by atomic mass is 16.3. The van der Waals surface area contributed by atoms with Crippen LogP contribution in [0.15, 0.2) is 24.3 Å². The van der Waals surface area contributed by atoms with E-state index in [9.17, 15) is 14.7 Å². The highest BCUT2D eigenvalue weighted by Crippen LogP contribution is 2.50. The van der Waals surface area contributed by atoms with Crippen LogP contribution >= 0.6 is 0 Å². The summed E-state index contributed by atoms with van der Waals surface area (Å²) in [4.78, 5) is 25.8. The Bertz CT molecular complexity index is 580. The molecule has 5 N–H and O–H groups in total. The van der Waals surface area contributed by atoms with E-state index < -0.39 is 23.5 Å². The fourth-order valence-corrected chi connectivity index (χ4v) is 3.14. The number of nitrogen functional groups attached to an aromatic ring is 1. The molecular weight excluding hydrogens is 270 g/mol. The van der Waals surface area contributed by atoms with Gasteiger partial charge in [0.15, 0.2) is 0 Å². The number of aliphatic hydroxyl groups excluding tert-OH is 1. The summed E-state index contributed by atoms with van der Waals surface area (Å²) in [7, 11) is 0. The number of nitrogens with two attached hydrogens (primary N) is 2. The van der Waals surface area contributed by atoms with Gasteiger partial charge in [-0.05, 0) is 30.5 Å². The number of anilines is 1. The van der Waals surface area contributed by atoms with E-state index in [4.69, 9.17) is 11.5 Å². The van der Waals surface area contributed by atoms with Crippen molar-refractivity contribution < 1.29 is 14.7 Å². The lowest BCUT2D eigenvalue weighted by atomic mass is 9.93. The van der Waals surface area contributed by atoms with E-state index in [1.807, 2.05) is 12.1 Å². The first-order valence-corrected chi connectivity index (χ1v) is 7.08. The lowest BCUT2D eigenvalue weighted by Crippen LogP contribution is -2.47. The standard InChI is InChI=1S/C15H19N3O3/c16-10-3-1-9(2-4-10)15(5-6-15)14(21)18-8-11(19)7-12(18)13(17)20/h1-4,11-12,19H,5-8,16H2,(H2,17,20). The number of carbonyl (C=O) groups is 2. The van der Waals surface area contributed by atoms with Crippen molar-refractivity contribution in [3.63, 3.8) is 0 Å². The average Bonchev–Trinajstić information content (AvgIpc) is 3.15. The Labute approximate surface area is 122 Å². The van der Waals surface area contributed by atoms with Crippen molar-refractivity contribution in [3.05, 3.63) is 29.8 Å². The van der Waals surface area contributed by atoms with Gasteiger partial charge >= 0.3 is 0 Å². The van der Waals surface area contributed by atoms with Crippen molar-refractivity contribution >= 4 is 17.5 Å². The molecule has 6 heteroatoms. The number of likely N-dealkylation sites (tertiary alicyclic amines) is 1. The predicted octanol–water partition coefficient (Wildman–Crippen LogP) is -0.252. The summed E-state index contributed by atoms with van der Waals surface area (Å²) in [5.41, 5.74) is 12.0. The van der Waals surface area contributed by atoms with Crippen LogP contribution in [0.2, 0.25) is 0 Å². The summed E-state index contributed by atoms with van der Waals surface area (Å²) in [6.07, 6.45) is 1.02. The Morgan fingerprint density at radius 3 is 2.38 bits per heavy atom. The van der Waals surface area contributed by atoms with Gasteiger partial charge in [0.2, 0.25) is 11.8 Å². The van der Waals surface area contributed by atoms with Gasteiger partial charge in [-0.15, -0.1) is 0 Å². The third-order valence-electron chi connectivity index (χ3n) is 4.49. The van der Waals surface area contributed by atoms with E-state index in [1.165, 1.54) is 4.90 Å². The lowest BCUT2D eigenvalue weighted by Gasteiger charge is -2.27. The number of carbonyl (C=O) groups excluding carboxylic acids is 2. The molecular formula is C15H19N3O3. The molecule has 112 valence electrons. The molecule has 6 nitrogen and oxygen atoms in total. The summed E-state index contributed by atoms with van der Waals surface area (Å²) in [5.74, 6) is -0.680. The molecule has 0 radical (unpaired) electrons. The summed E-state index contributed by atoms with van der Waals surface area (Å²) in [6.45, 7) is 0.170. The van der Waals surface area contributed by atoms with Gasteiger partial charge in [-0.2, -0.15) is 0 Å². The number of β-amino-alcohol motifs (C(OH)–C–C–N with tert-alkyl or cyclic N) is 1. The molecule has 1 aromatic rings. The van der Waals surface area contributed by atoms with Crippen molar-refractivity contribution in [2.24, 2.45) is 5.73 Å². The summed E-state index contributed by atoms with van der Waals surface area (Å²) in [5, 5.41) is 9.74.